The van der Waals surface area contributed by atoms with Crippen LogP contribution in [0.15, 0.2) is 24.3 Å². The molecule has 1 aromatic carbocycles. The van der Waals surface area contributed by atoms with Crippen LogP contribution in [0, 0.1) is 11.3 Å². The Morgan fingerprint density at radius 1 is 1.07 bits per heavy atom. The van der Waals surface area contributed by atoms with Gasteiger partial charge in [-0.1, -0.05) is 32.0 Å². The van der Waals surface area contributed by atoms with Gasteiger partial charge in [0.2, 0.25) is 0 Å². The van der Waals surface area contributed by atoms with Gasteiger partial charge in [0.25, 0.3) is 5.91 Å². The van der Waals surface area contributed by atoms with Crippen molar-refractivity contribution in [2.45, 2.75) is 46.1 Å². The first-order valence-corrected chi connectivity index (χ1v) is 10.3. The van der Waals surface area contributed by atoms with Gasteiger partial charge in [-0.05, 0) is 56.2 Å². The van der Waals surface area contributed by atoms with E-state index in [0.29, 0.717) is 11.3 Å². The molecule has 0 aromatic heterocycles. The van der Waals surface area contributed by atoms with Crippen LogP contribution >= 0.6 is 0 Å². The van der Waals surface area contributed by atoms with Crippen LogP contribution in [0.2, 0.25) is 0 Å². The molecule has 0 bridgehead atoms. The molecule has 0 aliphatic carbocycles. The molecule has 27 heavy (non-hydrogen) atoms. The maximum absolute atomic E-state index is 11.6. The average Bonchev–Trinajstić information content (AvgIpc) is 2.69. The molecule has 1 amide bonds. The number of hydrogen-bond acceptors (Lipinski definition) is 3. The number of piperidine rings is 2. The molecule has 1 spiro atoms. The molecule has 0 atom stereocenters. The average molecular weight is 374 g/mol. The van der Waals surface area contributed by atoms with Crippen LogP contribution in [-0.2, 0) is 16.4 Å². The molecule has 2 aliphatic rings. The van der Waals surface area contributed by atoms with Gasteiger partial charge in [-0.3, -0.25) is 9.69 Å². The Labute approximate surface area is 163 Å². The normalized spacial score (nSPS) is 20.2. The van der Waals surface area contributed by atoms with Gasteiger partial charge in [-0.15, -0.1) is 0 Å². The Kier molecular flexibility index (Phi) is 6.77. The first-order valence-electron chi connectivity index (χ1n) is 10.3. The maximum Gasteiger partial charge on any atom is 0.251 e. The highest BCUT2D eigenvalue weighted by Gasteiger charge is 2.38. The fourth-order valence-electron chi connectivity index (χ4n) is 4.28. The van der Waals surface area contributed by atoms with Crippen molar-refractivity contribution < 1.29 is 14.6 Å². The third-order valence-electron chi connectivity index (χ3n) is 6.16. The lowest BCUT2D eigenvalue weighted by Gasteiger charge is -2.46. The van der Waals surface area contributed by atoms with Crippen molar-refractivity contribution in [2.24, 2.45) is 11.3 Å². The molecule has 2 fully saturated rings. The van der Waals surface area contributed by atoms with E-state index < -0.39 is 6.61 Å². The summed E-state index contributed by atoms with van der Waals surface area (Å²) < 4.78 is 6.01. The van der Waals surface area contributed by atoms with Crippen molar-refractivity contribution in [3.63, 3.8) is 0 Å². The largest absolute Gasteiger partial charge is 0.493 e. The van der Waals surface area contributed by atoms with Gasteiger partial charge in [-0.2, -0.15) is 0 Å². The molecule has 1 aromatic rings. The van der Waals surface area contributed by atoms with E-state index in [1.807, 2.05) is 6.07 Å². The van der Waals surface area contributed by atoms with Crippen molar-refractivity contribution in [2.75, 3.05) is 39.4 Å². The zero-order valence-corrected chi connectivity index (χ0v) is 16.8. The van der Waals surface area contributed by atoms with Gasteiger partial charge in [0.15, 0.2) is 6.61 Å². The Morgan fingerprint density at radius 2 is 1.70 bits per heavy atom. The number of rotatable bonds is 6. The fourth-order valence-corrected chi connectivity index (χ4v) is 4.28. The zero-order chi connectivity index (χ0) is 19.3. The molecule has 0 unspecified atom stereocenters. The van der Waals surface area contributed by atoms with E-state index in [-0.39, 0.29) is 5.91 Å². The summed E-state index contributed by atoms with van der Waals surface area (Å²) in [7, 11) is 0. The van der Waals surface area contributed by atoms with E-state index in [4.69, 9.17) is 4.74 Å². The van der Waals surface area contributed by atoms with Crippen LogP contribution in [0.5, 0.6) is 5.75 Å². The number of ether oxygens (including phenoxy) is 1. The third kappa shape index (κ3) is 5.23. The summed E-state index contributed by atoms with van der Waals surface area (Å²) in [5.74, 6) is 1.29. The predicted octanol–water partition coefficient (Wildman–Crippen LogP) is 3.36. The molecule has 2 aliphatic heterocycles. The summed E-state index contributed by atoms with van der Waals surface area (Å²) in [5.41, 5.74) is 1.63. The molecule has 2 heterocycles. The summed E-state index contributed by atoms with van der Waals surface area (Å²) in [6, 6.07) is 8.38. The van der Waals surface area contributed by atoms with Crippen LogP contribution in [0.1, 0.15) is 45.1 Å². The van der Waals surface area contributed by atoms with Crippen molar-refractivity contribution in [3.8, 4) is 5.75 Å². The number of carbonyl (C=O) groups excluding carboxylic acids is 1. The second kappa shape index (κ2) is 9.07. The van der Waals surface area contributed by atoms with Crippen molar-refractivity contribution in [3.05, 3.63) is 29.8 Å². The maximum atomic E-state index is 11.6. The van der Waals surface area contributed by atoms with Crippen LogP contribution < -0.4 is 4.74 Å². The first-order chi connectivity index (χ1) is 13.0. The summed E-state index contributed by atoms with van der Waals surface area (Å²) in [6.07, 6.45) is 4.45. The van der Waals surface area contributed by atoms with Gasteiger partial charge < -0.3 is 9.64 Å². The number of amides is 1. The molecule has 149 valence electrons. The molecule has 3 rings (SSSR count). The summed E-state index contributed by atoms with van der Waals surface area (Å²) >= 11 is 0. The van der Waals surface area contributed by atoms with Crippen LogP contribution in [0.4, 0.5) is 0 Å². The van der Waals surface area contributed by atoms with E-state index in [1.165, 1.54) is 18.4 Å². The minimum atomic E-state index is -0.612. The van der Waals surface area contributed by atoms with Gasteiger partial charge in [0.05, 0.1) is 6.61 Å². The lowest BCUT2D eigenvalue weighted by atomic mass is 9.71. The molecule has 0 saturated carbocycles. The number of carbonyl (C=O) groups is 1. The van der Waals surface area contributed by atoms with Crippen molar-refractivity contribution in [1.29, 1.82) is 0 Å². The van der Waals surface area contributed by atoms with Crippen molar-refractivity contribution >= 4 is 5.91 Å². The summed E-state index contributed by atoms with van der Waals surface area (Å²) in [4.78, 5) is 15.9. The molecule has 0 N–H and O–H groups in total. The van der Waals surface area contributed by atoms with Gasteiger partial charge in [0.1, 0.15) is 5.75 Å². The lowest BCUT2D eigenvalue weighted by Crippen LogP contribution is -2.48. The highest BCUT2D eigenvalue weighted by molar-refractivity contribution is 5.77. The Hall–Kier alpha value is -1.59. The summed E-state index contributed by atoms with van der Waals surface area (Å²) in [6.45, 7) is 9.11. The highest BCUT2D eigenvalue weighted by Crippen LogP contribution is 2.41. The fraction of sp³-hybridized carbons (Fsp3) is 0.682. The molecular formula is C22H33N2O3. The second-order valence-corrected chi connectivity index (χ2v) is 8.61. The van der Waals surface area contributed by atoms with Crippen LogP contribution in [-0.4, -0.2) is 55.1 Å². The summed E-state index contributed by atoms with van der Waals surface area (Å²) in [5, 5.41) is 10.8. The standard InChI is InChI=1S/C22H33N2O3/c1-18(2)17-27-20-6-4-3-5-19(20)15-23-11-7-22(8-12-23)9-13-24(14-10-22)21(26)16-25/h3-6,18H,7-17H2,1-2H3. The second-order valence-electron chi connectivity index (χ2n) is 8.61. The van der Waals surface area contributed by atoms with Gasteiger partial charge in [0, 0.05) is 25.2 Å². The van der Waals surface area contributed by atoms with Crippen LogP contribution in [0.25, 0.3) is 0 Å². The first kappa shape index (κ1) is 20.2. The minimum Gasteiger partial charge on any atom is -0.493 e. The van der Waals surface area contributed by atoms with Gasteiger partial charge >= 0.3 is 0 Å². The number of likely N-dealkylation sites (tertiary alicyclic amines) is 2. The highest BCUT2D eigenvalue weighted by atomic mass is 16.5. The molecule has 5 nitrogen and oxygen atoms in total. The van der Waals surface area contributed by atoms with E-state index in [1.54, 1.807) is 4.90 Å². The van der Waals surface area contributed by atoms with Crippen LogP contribution in [0.3, 0.4) is 0 Å². The van der Waals surface area contributed by atoms with Crippen molar-refractivity contribution in [1.82, 2.24) is 9.80 Å². The SMILES string of the molecule is CC(C)COc1ccccc1CN1CCC2(CC1)CCN(C(=O)C[O])CC2. The lowest BCUT2D eigenvalue weighted by molar-refractivity contribution is -0.139. The smallest absolute Gasteiger partial charge is 0.251 e. The van der Waals surface area contributed by atoms with E-state index in [9.17, 15) is 9.90 Å². The molecule has 1 radical (unpaired) electrons. The molecular weight excluding hydrogens is 340 g/mol. The number of hydrogen-bond donors (Lipinski definition) is 0. The minimum absolute atomic E-state index is 0.236. The Morgan fingerprint density at radius 3 is 2.33 bits per heavy atom. The number of para-hydroxylation sites is 1. The molecule has 2 saturated heterocycles. The van der Waals surface area contributed by atoms with Gasteiger partial charge in [-0.25, -0.2) is 5.11 Å². The number of nitrogens with zero attached hydrogens (tertiary/aromatic N) is 2. The Balaban J connectivity index is 1.51. The topological polar surface area (TPSA) is 52.7 Å². The zero-order valence-electron chi connectivity index (χ0n) is 16.8. The predicted molar refractivity (Wildman–Crippen MR) is 105 cm³/mol. The Bertz CT molecular complexity index is 614. The monoisotopic (exact) mass is 373 g/mol. The third-order valence-corrected chi connectivity index (χ3v) is 6.16. The number of benzene rings is 1. The molecule has 5 heteroatoms. The van der Waals surface area contributed by atoms with E-state index in [2.05, 4.69) is 36.9 Å². The van der Waals surface area contributed by atoms with E-state index in [0.717, 1.165) is 57.9 Å². The quantitative estimate of drug-likeness (QED) is 0.768. The van der Waals surface area contributed by atoms with E-state index >= 15 is 0 Å².